The number of allylic oxidation sites excluding steroid dienone is 1. The molecule has 14 heteroatoms. The summed E-state index contributed by atoms with van der Waals surface area (Å²) in [4.78, 5) is 42.8. The first kappa shape index (κ1) is 26.8. The van der Waals surface area contributed by atoms with Gasteiger partial charge in [0.15, 0.2) is 6.61 Å². The lowest BCUT2D eigenvalue weighted by atomic mass is 10.2. The van der Waals surface area contributed by atoms with Crippen molar-refractivity contribution in [3.63, 3.8) is 0 Å². The zero-order chi connectivity index (χ0) is 25.0. The van der Waals surface area contributed by atoms with Crippen LogP contribution in [0, 0.1) is 10.1 Å². The minimum atomic E-state index is -1.22. The van der Waals surface area contributed by atoms with Crippen molar-refractivity contribution in [2.75, 3.05) is 43.5 Å². The van der Waals surface area contributed by atoms with Gasteiger partial charge in [-0.1, -0.05) is 19.2 Å². The van der Waals surface area contributed by atoms with Gasteiger partial charge in [-0.25, -0.2) is 9.59 Å². The molecule has 0 radical (unpaired) electrons. The molecular formula is C19H26N6O8. The summed E-state index contributed by atoms with van der Waals surface area (Å²) in [6.07, 6.45) is 2.10. The molecule has 0 saturated heterocycles. The molecule has 0 aromatic carbocycles. The van der Waals surface area contributed by atoms with E-state index in [0.717, 1.165) is 4.90 Å². The number of anilines is 2. The van der Waals surface area contributed by atoms with Crippen molar-refractivity contribution in [1.82, 2.24) is 9.97 Å². The third-order valence-electron chi connectivity index (χ3n) is 3.71. The third kappa shape index (κ3) is 8.45. The van der Waals surface area contributed by atoms with E-state index in [2.05, 4.69) is 23.1 Å². The molecule has 0 saturated carbocycles. The van der Waals surface area contributed by atoms with Crippen molar-refractivity contribution in [2.24, 2.45) is 5.73 Å². The van der Waals surface area contributed by atoms with Crippen LogP contribution in [0.15, 0.2) is 36.6 Å². The second kappa shape index (κ2) is 13.3. The predicted octanol–water partition coefficient (Wildman–Crippen LogP) is 1.38. The number of nitrogen functional groups attached to an aromatic ring is 1. The number of nitro groups is 1. The fourth-order valence-corrected chi connectivity index (χ4v) is 2.30. The Bertz CT molecular complexity index is 933. The lowest BCUT2D eigenvalue weighted by molar-refractivity contribution is -0.383. The van der Waals surface area contributed by atoms with Crippen LogP contribution in [-0.2, 0) is 14.3 Å². The molecule has 1 heterocycles. The highest BCUT2D eigenvalue weighted by molar-refractivity contribution is 5.91. The molecule has 0 aliphatic rings. The topological polar surface area (TPSA) is 206 Å². The normalized spacial score (nSPS) is 10.8. The summed E-state index contributed by atoms with van der Waals surface area (Å²) in [7, 11) is 0. The molecular weight excluding hydrogens is 440 g/mol. The number of nitrogens with two attached hydrogens (primary N) is 2. The van der Waals surface area contributed by atoms with Gasteiger partial charge in [0.1, 0.15) is 5.76 Å². The molecule has 1 aromatic heterocycles. The molecule has 33 heavy (non-hydrogen) atoms. The van der Waals surface area contributed by atoms with Crippen LogP contribution in [-0.4, -0.2) is 65.0 Å². The van der Waals surface area contributed by atoms with E-state index in [0.29, 0.717) is 13.0 Å². The van der Waals surface area contributed by atoms with Crippen molar-refractivity contribution < 1.29 is 33.8 Å². The maximum atomic E-state index is 12.7. The van der Waals surface area contributed by atoms with Crippen molar-refractivity contribution in [3.8, 4) is 6.01 Å². The molecule has 0 unspecified atom stereocenters. The van der Waals surface area contributed by atoms with Gasteiger partial charge in [0.05, 0.1) is 24.7 Å². The number of rotatable bonds is 14. The molecule has 180 valence electrons. The number of carboxylic acids is 1. The molecule has 14 nitrogen and oxygen atoms in total. The summed E-state index contributed by atoms with van der Waals surface area (Å²) >= 11 is 0. The van der Waals surface area contributed by atoms with Crippen molar-refractivity contribution >= 4 is 29.4 Å². The fourth-order valence-electron chi connectivity index (χ4n) is 2.30. The quantitative estimate of drug-likeness (QED) is 0.117. The Hall–Kier alpha value is -4.20. The Morgan fingerprint density at radius 3 is 2.58 bits per heavy atom. The summed E-state index contributed by atoms with van der Waals surface area (Å²) in [5.74, 6) is -2.26. The van der Waals surface area contributed by atoms with E-state index in [1.54, 1.807) is 6.92 Å². The van der Waals surface area contributed by atoms with Gasteiger partial charge in [-0.2, -0.15) is 9.97 Å². The van der Waals surface area contributed by atoms with Gasteiger partial charge in [0, 0.05) is 0 Å². The van der Waals surface area contributed by atoms with Crippen LogP contribution in [0.25, 0.3) is 0 Å². The fraction of sp³-hybridized carbons (Fsp3) is 0.368. The molecule has 0 aliphatic carbocycles. The number of amides is 1. The number of carbonyl (C=O) groups excluding carboxylic acids is 1. The van der Waals surface area contributed by atoms with E-state index in [-0.39, 0.29) is 37.1 Å². The highest BCUT2D eigenvalue weighted by Crippen LogP contribution is 2.33. The molecule has 1 aromatic rings. The van der Waals surface area contributed by atoms with E-state index in [4.69, 9.17) is 30.8 Å². The lowest BCUT2D eigenvalue weighted by Gasteiger charge is -2.22. The highest BCUT2D eigenvalue weighted by atomic mass is 16.6. The summed E-state index contributed by atoms with van der Waals surface area (Å²) in [5.41, 5.74) is 10.7. The Morgan fingerprint density at radius 2 is 2.03 bits per heavy atom. The number of carboxylic acid groups (broad SMARTS) is 1. The van der Waals surface area contributed by atoms with Gasteiger partial charge in [-0.05, 0) is 31.5 Å². The van der Waals surface area contributed by atoms with Crippen LogP contribution in [0.1, 0.15) is 13.3 Å². The van der Waals surface area contributed by atoms with E-state index in [9.17, 15) is 19.7 Å². The van der Waals surface area contributed by atoms with Gasteiger partial charge in [0.25, 0.3) is 0 Å². The van der Waals surface area contributed by atoms with Crippen molar-refractivity contribution in [2.45, 2.75) is 13.3 Å². The first-order valence-electron chi connectivity index (χ1n) is 9.60. The molecule has 0 aliphatic heterocycles. The highest BCUT2D eigenvalue weighted by Gasteiger charge is 2.32. The maximum Gasteiger partial charge on any atom is 0.415 e. The van der Waals surface area contributed by atoms with Crippen LogP contribution in [0.4, 0.5) is 22.1 Å². The predicted molar refractivity (Wildman–Crippen MR) is 118 cm³/mol. The van der Waals surface area contributed by atoms with Crippen LogP contribution >= 0.6 is 0 Å². The van der Waals surface area contributed by atoms with Gasteiger partial charge in [0.2, 0.25) is 11.6 Å². The monoisotopic (exact) mass is 466 g/mol. The Balaban J connectivity index is 3.46. The number of hydrogen-bond donors (Lipinski definition) is 3. The van der Waals surface area contributed by atoms with Crippen molar-refractivity contribution in [1.29, 1.82) is 0 Å². The largest absolute Gasteiger partial charge is 0.483 e. The molecule has 0 spiro atoms. The summed E-state index contributed by atoms with van der Waals surface area (Å²) < 4.78 is 15.3. The SMILES string of the molecule is C=C/C(=C\C(=C)OCC(=O)O)CN(C(=O)OCC)c1nc(OCCCN)nc(N)c1[N+](=O)[O-]. The average molecular weight is 466 g/mol. The lowest BCUT2D eigenvalue weighted by Crippen LogP contribution is -2.35. The third-order valence-corrected chi connectivity index (χ3v) is 3.71. The summed E-state index contributed by atoms with van der Waals surface area (Å²) in [6.45, 7) is 8.16. The van der Waals surface area contributed by atoms with Crippen molar-refractivity contribution in [3.05, 3.63) is 46.8 Å². The molecule has 5 N–H and O–H groups in total. The summed E-state index contributed by atoms with van der Waals surface area (Å²) in [6, 6.07) is -0.297. The number of aliphatic carboxylic acids is 1. The number of carbonyl (C=O) groups is 2. The van der Waals surface area contributed by atoms with E-state index in [1.807, 2.05) is 0 Å². The van der Waals surface area contributed by atoms with Gasteiger partial charge in [-0.3, -0.25) is 15.0 Å². The summed E-state index contributed by atoms with van der Waals surface area (Å²) in [5, 5.41) is 20.4. The number of nitrogens with zero attached hydrogens (tertiary/aromatic N) is 4. The number of ether oxygens (including phenoxy) is 3. The second-order valence-corrected chi connectivity index (χ2v) is 6.17. The Kier molecular flexibility index (Phi) is 10.8. The molecule has 0 fully saturated rings. The standard InChI is InChI=1S/C19H26N6O8/c1-4-13(9-12(3)33-11-14(26)27)10-24(19(28)31-5-2)17-15(25(29)30)16(21)22-18(23-17)32-8-6-7-20/h4,9H,1,3,5-8,10-11,20H2,2H3,(H,26,27)(H2,21,22,23)/b13-9+. The van der Waals surface area contributed by atoms with Crippen LogP contribution in [0.2, 0.25) is 0 Å². The molecule has 1 amide bonds. The zero-order valence-electron chi connectivity index (χ0n) is 18.1. The molecule has 0 atom stereocenters. The number of aromatic nitrogens is 2. The minimum absolute atomic E-state index is 0.0366. The molecule has 1 rings (SSSR count). The van der Waals surface area contributed by atoms with E-state index in [1.165, 1.54) is 12.2 Å². The average Bonchev–Trinajstić information content (AvgIpc) is 2.74. The van der Waals surface area contributed by atoms with Crippen LogP contribution in [0.3, 0.4) is 0 Å². The maximum absolute atomic E-state index is 12.7. The molecule has 0 bridgehead atoms. The van der Waals surface area contributed by atoms with Crippen LogP contribution < -0.4 is 21.1 Å². The van der Waals surface area contributed by atoms with Crippen LogP contribution in [0.5, 0.6) is 6.01 Å². The van der Waals surface area contributed by atoms with E-state index >= 15 is 0 Å². The smallest absolute Gasteiger partial charge is 0.415 e. The first-order chi connectivity index (χ1) is 15.6. The number of hydrogen-bond acceptors (Lipinski definition) is 11. The Labute approximate surface area is 189 Å². The van der Waals surface area contributed by atoms with Gasteiger partial charge in [-0.15, -0.1) is 0 Å². The van der Waals surface area contributed by atoms with Gasteiger partial charge >= 0.3 is 23.8 Å². The van der Waals surface area contributed by atoms with Gasteiger partial charge < -0.3 is 30.8 Å². The zero-order valence-corrected chi connectivity index (χ0v) is 18.1. The minimum Gasteiger partial charge on any atom is -0.483 e. The first-order valence-corrected chi connectivity index (χ1v) is 9.60. The second-order valence-electron chi connectivity index (χ2n) is 6.17. The van der Waals surface area contributed by atoms with E-state index < -0.39 is 40.9 Å². The Morgan fingerprint density at radius 1 is 1.33 bits per heavy atom.